The van der Waals surface area contributed by atoms with E-state index in [0.717, 1.165) is 42.4 Å². The van der Waals surface area contributed by atoms with E-state index in [1.807, 2.05) is 58.0 Å². The molecule has 29 heavy (non-hydrogen) atoms. The minimum Gasteiger partial charge on any atom is -0.497 e. The Balaban J connectivity index is 1.27. The number of rotatable bonds is 7. The Morgan fingerprint density at radius 3 is 2.79 bits per heavy atom. The predicted octanol–water partition coefficient (Wildman–Crippen LogP) is 3.30. The largest absolute Gasteiger partial charge is 0.497 e. The minimum atomic E-state index is 0.182. The Morgan fingerprint density at radius 2 is 1.97 bits per heavy atom. The zero-order valence-electron chi connectivity index (χ0n) is 16.7. The zero-order valence-corrected chi connectivity index (χ0v) is 16.7. The van der Waals surface area contributed by atoms with E-state index in [2.05, 4.69) is 10.2 Å². The van der Waals surface area contributed by atoms with Crippen LogP contribution in [-0.4, -0.2) is 52.2 Å². The summed E-state index contributed by atoms with van der Waals surface area (Å²) in [4.78, 5) is 14.6. The number of fused-ring (bicyclic) bond motifs is 1. The fourth-order valence-corrected chi connectivity index (χ4v) is 3.80. The van der Waals surface area contributed by atoms with Crippen molar-refractivity contribution in [3.63, 3.8) is 0 Å². The number of nitrogens with zero attached hydrogens (tertiary/aromatic N) is 4. The number of ether oxygens (including phenoxy) is 2. The van der Waals surface area contributed by atoms with Crippen LogP contribution in [0.4, 0.5) is 0 Å². The van der Waals surface area contributed by atoms with Gasteiger partial charge >= 0.3 is 0 Å². The lowest BCUT2D eigenvalue weighted by molar-refractivity contribution is -0.132. The summed E-state index contributed by atoms with van der Waals surface area (Å²) >= 11 is 0. The summed E-state index contributed by atoms with van der Waals surface area (Å²) in [6.07, 6.45) is 5.19. The second kappa shape index (κ2) is 8.94. The number of piperidine rings is 1. The number of pyridine rings is 1. The highest BCUT2D eigenvalue weighted by Crippen LogP contribution is 2.26. The molecular weight excluding hydrogens is 368 g/mol. The van der Waals surface area contributed by atoms with Crippen molar-refractivity contribution in [2.45, 2.75) is 31.6 Å². The van der Waals surface area contributed by atoms with E-state index >= 15 is 0 Å². The van der Waals surface area contributed by atoms with Crippen LogP contribution in [0.2, 0.25) is 0 Å². The highest BCUT2D eigenvalue weighted by molar-refractivity contribution is 5.76. The van der Waals surface area contributed by atoms with Crippen molar-refractivity contribution in [2.24, 2.45) is 0 Å². The third kappa shape index (κ3) is 4.50. The Morgan fingerprint density at radius 1 is 1.14 bits per heavy atom. The molecule has 1 aromatic carbocycles. The van der Waals surface area contributed by atoms with E-state index in [9.17, 15) is 4.79 Å². The zero-order chi connectivity index (χ0) is 20.1. The van der Waals surface area contributed by atoms with E-state index in [1.165, 1.54) is 0 Å². The molecule has 1 aliphatic heterocycles. The van der Waals surface area contributed by atoms with Gasteiger partial charge in [0.1, 0.15) is 17.3 Å². The average Bonchev–Trinajstić information content (AvgIpc) is 3.21. The van der Waals surface area contributed by atoms with Crippen LogP contribution in [0.1, 0.15) is 37.4 Å². The summed E-state index contributed by atoms with van der Waals surface area (Å²) in [7, 11) is 1.64. The first kappa shape index (κ1) is 19.2. The smallest absolute Gasteiger partial charge is 0.222 e. The SMILES string of the molecule is COc1ccc(OCCCC(=O)N2CCCC(c3nnc4ccccn34)C2)cc1. The quantitative estimate of drug-likeness (QED) is 0.575. The summed E-state index contributed by atoms with van der Waals surface area (Å²) in [6.45, 7) is 2.03. The molecule has 1 fully saturated rings. The van der Waals surface area contributed by atoms with Crippen molar-refractivity contribution < 1.29 is 14.3 Å². The lowest BCUT2D eigenvalue weighted by Crippen LogP contribution is -2.39. The molecule has 3 heterocycles. The molecule has 152 valence electrons. The van der Waals surface area contributed by atoms with Crippen LogP contribution >= 0.6 is 0 Å². The minimum absolute atomic E-state index is 0.182. The molecule has 7 heteroatoms. The number of benzene rings is 1. The Bertz CT molecular complexity index is 954. The molecule has 7 nitrogen and oxygen atoms in total. The lowest BCUT2D eigenvalue weighted by Gasteiger charge is -2.32. The van der Waals surface area contributed by atoms with Gasteiger partial charge in [0.15, 0.2) is 5.65 Å². The number of amides is 1. The van der Waals surface area contributed by atoms with E-state index in [0.29, 0.717) is 26.0 Å². The molecule has 0 aliphatic carbocycles. The van der Waals surface area contributed by atoms with Gasteiger partial charge in [-0.15, -0.1) is 10.2 Å². The lowest BCUT2D eigenvalue weighted by atomic mass is 9.97. The van der Waals surface area contributed by atoms with Gasteiger partial charge in [-0.25, -0.2) is 0 Å². The average molecular weight is 394 g/mol. The van der Waals surface area contributed by atoms with Crippen LogP contribution in [0, 0.1) is 0 Å². The molecule has 0 N–H and O–H groups in total. The van der Waals surface area contributed by atoms with Gasteiger partial charge in [-0.05, 0) is 55.7 Å². The summed E-state index contributed by atoms with van der Waals surface area (Å²) in [5.41, 5.74) is 0.849. The van der Waals surface area contributed by atoms with Crippen LogP contribution in [0.25, 0.3) is 5.65 Å². The second-order valence-electron chi connectivity index (χ2n) is 7.29. The van der Waals surface area contributed by atoms with E-state index in [4.69, 9.17) is 9.47 Å². The summed E-state index contributed by atoms with van der Waals surface area (Å²) in [6, 6.07) is 13.4. The van der Waals surface area contributed by atoms with Gasteiger partial charge < -0.3 is 14.4 Å². The molecule has 1 aliphatic rings. The van der Waals surface area contributed by atoms with Crippen LogP contribution in [0.3, 0.4) is 0 Å². The molecule has 0 saturated carbocycles. The molecule has 0 radical (unpaired) electrons. The van der Waals surface area contributed by atoms with Crippen molar-refractivity contribution in [3.05, 3.63) is 54.5 Å². The first-order valence-electron chi connectivity index (χ1n) is 10.1. The molecule has 2 aromatic heterocycles. The molecular formula is C22H26N4O3. The first-order valence-corrected chi connectivity index (χ1v) is 10.1. The van der Waals surface area contributed by atoms with Gasteiger partial charge in [-0.2, -0.15) is 0 Å². The fourth-order valence-electron chi connectivity index (χ4n) is 3.80. The van der Waals surface area contributed by atoms with Crippen molar-refractivity contribution in [1.82, 2.24) is 19.5 Å². The van der Waals surface area contributed by atoms with Gasteiger partial charge in [-0.1, -0.05) is 6.07 Å². The highest BCUT2D eigenvalue weighted by atomic mass is 16.5. The van der Waals surface area contributed by atoms with Gasteiger partial charge in [0.25, 0.3) is 0 Å². The second-order valence-corrected chi connectivity index (χ2v) is 7.29. The molecule has 4 rings (SSSR count). The van der Waals surface area contributed by atoms with Crippen LogP contribution in [0.15, 0.2) is 48.7 Å². The first-order chi connectivity index (χ1) is 14.2. The van der Waals surface area contributed by atoms with E-state index < -0.39 is 0 Å². The topological polar surface area (TPSA) is 69.0 Å². The third-order valence-corrected chi connectivity index (χ3v) is 5.34. The van der Waals surface area contributed by atoms with Gasteiger partial charge in [0, 0.05) is 31.6 Å². The van der Waals surface area contributed by atoms with Crippen molar-refractivity contribution in [3.8, 4) is 11.5 Å². The number of aromatic nitrogens is 3. The predicted molar refractivity (Wildman–Crippen MR) is 109 cm³/mol. The van der Waals surface area contributed by atoms with E-state index in [1.54, 1.807) is 7.11 Å². The molecule has 1 atom stereocenters. The normalized spacial score (nSPS) is 16.7. The summed E-state index contributed by atoms with van der Waals surface area (Å²) in [5, 5.41) is 8.63. The number of hydrogen-bond donors (Lipinski definition) is 0. The van der Waals surface area contributed by atoms with Gasteiger partial charge in [-0.3, -0.25) is 9.20 Å². The fraction of sp³-hybridized carbons (Fsp3) is 0.409. The van der Waals surface area contributed by atoms with Crippen molar-refractivity contribution in [1.29, 1.82) is 0 Å². The Kier molecular flexibility index (Phi) is 5.93. The number of carbonyl (C=O) groups excluding carboxylic acids is 1. The van der Waals surface area contributed by atoms with Gasteiger partial charge in [0.2, 0.25) is 5.91 Å². The number of likely N-dealkylation sites (tertiary alicyclic amines) is 1. The summed E-state index contributed by atoms with van der Waals surface area (Å²) in [5.74, 6) is 2.94. The monoisotopic (exact) mass is 394 g/mol. The maximum absolute atomic E-state index is 12.7. The maximum Gasteiger partial charge on any atom is 0.222 e. The Labute approximate surface area is 170 Å². The highest BCUT2D eigenvalue weighted by Gasteiger charge is 2.27. The molecule has 0 bridgehead atoms. The van der Waals surface area contributed by atoms with Crippen LogP contribution < -0.4 is 9.47 Å². The van der Waals surface area contributed by atoms with Crippen LogP contribution in [0.5, 0.6) is 11.5 Å². The summed E-state index contributed by atoms with van der Waals surface area (Å²) < 4.78 is 12.9. The van der Waals surface area contributed by atoms with Gasteiger partial charge in [0.05, 0.1) is 13.7 Å². The maximum atomic E-state index is 12.7. The van der Waals surface area contributed by atoms with E-state index in [-0.39, 0.29) is 11.8 Å². The van der Waals surface area contributed by atoms with Crippen molar-refractivity contribution in [2.75, 3.05) is 26.8 Å². The van der Waals surface area contributed by atoms with Crippen molar-refractivity contribution >= 4 is 11.6 Å². The Hall–Kier alpha value is -3.09. The number of carbonyl (C=O) groups is 1. The molecule has 3 aromatic rings. The number of methoxy groups -OCH3 is 1. The third-order valence-electron chi connectivity index (χ3n) is 5.34. The molecule has 0 spiro atoms. The van der Waals surface area contributed by atoms with Crippen LogP contribution in [-0.2, 0) is 4.79 Å². The standard InChI is InChI=1S/C22H26N4O3/c1-28-18-9-11-19(12-10-18)29-15-5-8-21(27)25-13-4-6-17(16-25)22-24-23-20-7-2-3-14-26(20)22/h2-3,7,9-12,14,17H,4-6,8,13,15-16H2,1H3. The number of hydrogen-bond acceptors (Lipinski definition) is 5. The molecule has 1 saturated heterocycles. The molecule has 1 amide bonds. The molecule has 1 unspecified atom stereocenters.